The van der Waals surface area contributed by atoms with Gasteiger partial charge in [-0.1, -0.05) is 38.8 Å². The number of hydrogen-bond acceptors (Lipinski definition) is 1. The second kappa shape index (κ2) is 4.53. The van der Waals surface area contributed by atoms with Crippen LogP contribution < -0.4 is 4.74 Å². The third-order valence-corrected chi connectivity index (χ3v) is 4.64. The van der Waals surface area contributed by atoms with Crippen molar-refractivity contribution in [3.63, 3.8) is 0 Å². The van der Waals surface area contributed by atoms with E-state index < -0.39 is 0 Å². The predicted molar refractivity (Wildman–Crippen MR) is 73.1 cm³/mol. The Labute approximate surface area is 109 Å². The monoisotopic (exact) mass is 252 g/mol. The standard InChI is InChI=1S/C15H21ClO/c1-5-15(2,3)12-7-6-10-8-13(16)14(17-4)9-11(10)12/h8-9,12H,5-7H2,1-4H3. The number of methoxy groups -OCH3 is 1. The van der Waals surface area contributed by atoms with Gasteiger partial charge in [-0.25, -0.2) is 0 Å². The maximum atomic E-state index is 6.18. The van der Waals surface area contributed by atoms with E-state index in [2.05, 4.69) is 32.9 Å². The van der Waals surface area contributed by atoms with Gasteiger partial charge in [0.1, 0.15) is 5.75 Å². The van der Waals surface area contributed by atoms with Gasteiger partial charge in [-0.05, 0) is 47.4 Å². The van der Waals surface area contributed by atoms with Gasteiger partial charge < -0.3 is 4.74 Å². The summed E-state index contributed by atoms with van der Waals surface area (Å²) in [6.07, 6.45) is 3.58. The second-order valence-corrected chi connectivity index (χ2v) is 6.03. The van der Waals surface area contributed by atoms with Gasteiger partial charge in [0.05, 0.1) is 12.1 Å². The van der Waals surface area contributed by atoms with Crippen molar-refractivity contribution in [3.05, 3.63) is 28.3 Å². The molecule has 0 bridgehead atoms. The summed E-state index contributed by atoms with van der Waals surface area (Å²) in [5, 5.41) is 0.737. The average molecular weight is 253 g/mol. The summed E-state index contributed by atoms with van der Waals surface area (Å²) in [5.41, 5.74) is 3.20. The smallest absolute Gasteiger partial charge is 0.137 e. The lowest BCUT2D eigenvalue weighted by Crippen LogP contribution is -2.19. The molecule has 17 heavy (non-hydrogen) atoms. The molecule has 0 aromatic heterocycles. The summed E-state index contributed by atoms with van der Waals surface area (Å²) < 4.78 is 5.33. The molecular formula is C15H21ClO. The van der Waals surface area contributed by atoms with Crippen molar-refractivity contribution in [2.24, 2.45) is 5.41 Å². The van der Waals surface area contributed by atoms with Gasteiger partial charge in [0.25, 0.3) is 0 Å². The summed E-state index contributed by atoms with van der Waals surface area (Å²) in [7, 11) is 1.68. The van der Waals surface area contributed by atoms with Crippen LogP contribution in [0.4, 0.5) is 0 Å². The molecule has 1 aliphatic rings. The number of fused-ring (bicyclic) bond motifs is 1. The third kappa shape index (κ3) is 2.18. The molecule has 1 atom stereocenters. The summed E-state index contributed by atoms with van der Waals surface area (Å²) in [6.45, 7) is 6.98. The molecule has 94 valence electrons. The van der Waals surface area contributed by atoms with E-state index in [1.54, 1.807) is 7.11 Å². The quantitative estimate of drug-likeness (QED) is 0.750. The molecule has 0 saturated carbocycles. The molecule has 0 saturated heterocycles. The second-order valence-electron chi connectivity index (χ2n) is 5.62. The predicted octanol–water partition coefficient (Wildman–Crippen LogP) is 4.81. The first-order valence-electron chi connectivity index (χ1n) is 6.36. The van der Waals surface area contributed by atoms with E-state index in [9.17, 15) is 0 Å². The molecule has 1 unspecified atom stereocenters. The van der Waals surface area contributed by atoms with Crippen molar-refractivity contribution in [1.29, 1.82) is 0 Å². The lowest BCUT2D eigenvalue weighted by molar-refractivity contribution is 0.272. The van der Waals surface area contributed by atoms with Gasteiger partial charge in [0, 0.05) is 0 Å². The van der Waals surface area contributed by atoms with E-state index in [4.69, 9.17) is 16.3 Å². The zero-order chi connectivity index (χ0) is 12.6. The molecule has 1 aromatic rings. The van der Waals surface area contributed by atoms with Crippen LogP contribution in [0, 0.1) is 5.41 Å². The van der Waals surface area contributed by atoms with Crippen molar-refractivity contribution in [1.82, 2.24) is 0 Å². The van der Waals surface area contributed by atoms with Crippen LogP contribution in [0.25, 0.3) is 0 Å². The highest BCUT2D eigenvalue weighted by Gasteiger charge is 2.34. The molecule has 0 heterocycles. The Balaban J connectivity index is 2.44. The Kier molecular flexibility index (Phi) is 3.40. The van der Waals surface area contributed by atoms with E-state index in [-0.39, 0.29) is 0 Å². The Hall–Kier alpha value is -0.690. The van der Waals surface area contributed by atoms with Crippen molar-refractivity contribution in [3.8, 4) is 5.75 Å². The number of rotatable bonds is 3. The molecule has 0 radical (unpaired) electrons. The lowest BCUT2D eigenvalue weighted by Gasteiger charge is -2.31. The van der Waals surface area contributed by atoms with Gasteiger partial charge in [-0.2, -0.15) is 0 Å². The molecule has 0 N–H and O–H groups in total. The fourth-order valence-corrected chi connectivity index (χ4v) is 3.08. The average Bonchev–Trinajstić information content (AvgIpc) is 2.71. The normalized spacial score (nSPS) is 19.2. The molecule has 0 spiro atoms. The fourth-order valence-electron chi connectivity index (χ4n) is 2.82. The Morgan fingerprint density at radius 1 is 1.41 bits per heavy atom. The Bertz CT molecular complexity index is 423. The number of ether oxygens (including phenoxy) is 1. The zero-order valence-electron chi connectivity index (χ0n) is 11.1. The molecular weight excluding hydrogens is 232 g/mol. The minimum Gasteiger partial charge on any atom is -0.495 e. The van der Waals surface area contributed by atoms with Crippen LogP contribution in [0.3, 0.4) is 0 Å². The lowest BCUT2D eigenvalue weighted by atomic mass is 9.74. The minimum absolute atomic E-state index is 0.351. The topological polar surface area (TPSA) is 9.23 Å². The van der Waals surface area contributed by atoms with Crippen LogP contribution in [-0.4, -0.2) is 7.11 Å². The van der Waals surface area contributed by atoms with Gasteiger partial charge in [-0.15, -0.1) is 0 Å². The molecule has 2 rings (SSSR count). The highest BCUT2D eigenvalue weighted by atomic mass is 35.5. The summed E-state index contributed by atoms with van der Waals surface area (Å²) >= 11 is 6.18. The molecule has 1 nitrogen and oxygen atoms in total. The number of halogens is 1. The van der Waals surface area contributed by atoms with Crippen LogP contribution in [0.1, 0.15) is 50.7 Å². The van der Waals surface area contributed by atoms with Gasteiger partial charge in [-0.3, -0.25) is 0 Å². The van der Waals surface area contributed by atoms with Crippen LogP contribution in [0.2, 0.25) is 5.02 Å². The molecule has 0 aliphatic heterocycles. The van der Waals surface area contributed by atoms with Gasteiger partial charge in [0.2, 0.25) is 0 Å². The largest absolute Gasteiger partial charge is 0.495 e. The molecule has 1 aliphatic carbocycles. The van der Waals surface area contributed by atoms with E-state index in [0.717, 1.165) is 17.2 Å². The van der Waals surface area contributed by atoms with E-state index in [1.807, 2.05) is 0 Å². The van der Waals surface area contributed by atoms with E-state index in [1.165, 1.54) is 24.0 Å². The minimum atomic E-state index is 0.351. The van der Waals surface area contributed by atoms with Crippen LogP contribution in [-0.2, 0) is 6.42 Å². The Morgan fingerprint density at radius 2 is 2.12 bits per heavy atom. The van der Waals surface area contributed by atoms with Crippen molar-refractivity contribution < 1.29 is 4.74 Å². The number of hydrogen-bond donors (Lipinski definition) is 0. The zero-order valence-corrected chi connectivity index (χ0v) is 11.9. The first-order valence-corrected chi connectivity index (χ1v) is 6.73. The maximum absolute atomic E-state index is 6.18. The summed E-state index contributed by atoms with van der Waals surface area (Å²) in [6, 6.07) is 4.23. The summed E-state index contributed by atoms with van der Waals surface area (Å²) in [5.74, 6) is 1.44. The number of aryl methyl sites for hydroxylation is 1. The highest BCUT2D eigenvalue weighted by molar-refractivity contribution is 6.32. The van der Waals surface area contributed by atoms with Crippen LogP contribution in [0.5, 0.6) is 5.75 Å². The Morgan fingerprint density at radius 3 is 2.71 bits per heavy atom. The van der Waals surface area contributed by atoms with Gasteiger partial charge in [0.15, 0.2) is 0 Å². The number of benzene rings is 1. The SMILES string of the molecule is CCC(C)(C)C1CCc2cc(Cl)c(OC)cc21. The van der Waals surface area contributed by atoms with E-state index >= 15 is 0 Å². The van der Waals surface area contributed by atoms with Gasteiger partial charge >= 0.3 is 0 Å². The van der Waals surface area contributed by atoms with E-state index in [0.29, 0.717) is 11.3 Å². The molecule has 2 heteroatoms. The first-order chi connectivity index (χ1) is 7.99. The maximum Gasteiger partial charge on any atom is 0.137 e. The van der Waals surface area contributed by atoms with Crippen molar-refractivity contribution in [2.45, 2.75) is 46.0 Å². The first kappa shape index (κ1) is 12.8. The fraction of sp³-hybridized carbons (Fsp3) is 0.600. The molecule has 0 amide bonds. The van der Waals surface area contributed by atoms with Crippen LogP contribution in [0.15, 0.2) is 12.1 Å². The van der Waals surface area contributed by atoms with Crippen molar-refractivity contribution >= 4 is 11.6 Å². The molecule has 1 aromatic carbocycles. The van der Waals surface area contributed by atoms with Crippen molar-refractivity contribution in [2.75, 3.05) is 7.11 Å². The summed E-state index contributed by atoms with van der Waals surface area (Å²) in [4.78, 5) is 0. The van der Waals surface area contributed by atoms with Crippen LogP contribution >= 0.6 is 11.6 Å². The molecule has 0 fully saturated rings. The third-order valence-electron chi connectivity index (χ3n) is 4.35. The highest BCUT2D eigenvalue weighted by Crippen LogP contribution is 2.48.